The highest BCUT2D eigenvalue weighted by molar-refractivity contribution is 5.57. The highest BCUT2D eigenvalue weighted by atomic mass is 16.3. The number of rotatable bonds is 1. The van der Waals surface area contributed by atoms with Crippen molar-refractivity contribution in [1.82, 2.24) is 4.98 Å². The van der Waals surface area contributed by atoms with Gasteiger partial charge in [0.15, 0.2) is 0 Å². The Labute approximate surface area is 75.3 Å². The third-order valence-corrected chi connectivity index (χ3v) is 1.68. The topological polar surface area (TPSA) is 49.8 Å². The molecule has 0 bridgehead atoms. The van der Waals surface area contributed by atoms with E-state index in [1.807, 2.05) is 18.2 Å². The lowest BCUT2D eigenvalue weighted by molar-refractivity contribution is 0.582. The number of aromatic nitrogens is 1. The fourth-order valence-corrected chi connectivity index (χ4v) is 1.09. The number of nitrogens with zero attached hydrogens (tertiary/aromatic N) is 2. The largest absolute Gasteiger partial charge is 0.464 e. The van der Waals surface area contributed by atoms with Crippen LogP contribution in [-0.4, -0.2) is 4.98 Å². The van der Waals surface area contributed by atoms with Crippen LogP contribution in [0.3, 0.4) is 0 Å². The summed E-state index contributed by atoms with van der Waals surface area (Å²) >= 11 is 0. The van der Waals surface area contributed by atoms with Gasteiger partial charge in [0.05, 0.1) is 6.26 Å². The minimum Gasteiger partial charge on any atom is -0.464 e. The molecule has 0 spiro atoms. The van der Waals surface area contributed by atoms with Crippen molar-refractivity contribution in [2.75, 3.05) is 0 Å². The van der Waals surface area contributed by atoms with Gasteiger partial charge in [0, 0.05) is 11.8 Å². The Morgan fingerprint density at radius 1 is 1.38 bits per heavy atom. The average Bonchev–Trinajstić information content (AvgIpc) is 2.71. The van der Waals surface area contributed by atoms with Crippen LogP contribution < -0.4 is 0 Å². The van der Waals surface area contributed by atoms with Crippen molar-refractivity contribution in [3.8, 4) is 17.4 Å². The molecule has 3 heteroatoms. The van der Waals surface area contributed by atoms with Gasteiger partial charge in [0.25, 0.3) is 0 Å². The average molecular weight is 170 g/mol. The van der Waals surface area contributed by atoms with E-state index >= 15 is 0 Å². The third kappa shape index (κ3) is 1.42. The molecule has 0 radical (unpaired) electrons. The summed E-state index contributed by atoms with van der Waals surface area (Å²) in [5, 5.41) is 8.62. The molecule has 13 heavy (non-hydrogen) atoms. The molecule has 0 atom stereocenters. The van der Waals surface area contributed by atoms with Gasteiger partial charge in [0.2, 0.25) is 0 Å². The van der Waals surface area contributed by atoms with Crippen molar-refractivity contribution >= 4 is 0 Å². The lowest BCUT2D eigenvalue weighted by atomic mass is 10.2. The first kappa shape index (κ1) is 7.56. The molecule has 0 unspecified atom stereocenters. The van der Waals surface area contributed by atoms with Gasteiger partial charge < -0.3 is 4.42 Å². The van der Waals surface area contributed by atoms with Crippen molar-refractivity contribution in [3.05, 3.63) is 42.4 Å². The second-order valence-corrected chi connectivity index (χ2v) is 2.52. The second-order valence-electron chi connectivity index (χ2n) is 2.52. The van der Waals surface area contributed by atoms with Crippen LogP contribution in [0.15, 0.2) is 41.1 Å². The molecule has 0 aliphatic carbocycles. The minimum atomic E-state index is 0.397. The van der Waals surface area contributed by atoms with E-state index in [1.165, 1.54) is 0 Å². The number of furan rings is 1. The van der Waals surface area contributed by atoms with Crippen LogP contribution >= 0.6 is 0 Å². The second kappa shape index (κ2) is 3.11. The molecule has 0 N–H and O–H groups in total. The molecule has 0 aliphatic rings. The molecule has 2 rings (SSSR count). The normalized spacial score (nSPS) is 9.46. The summed E-state index contributed by atoms with van der Waals surface area (Å²) in [7, 11) is 0. The molecular weight excluding hydrogens is 164 g/mol. The zero-order valence-corrected chi connectivity index (χ0v) is 6.77. The Balaban J connectivity index is 2.49. The molecule has 0 fully saturated rings. The molecule has 0 aromatic carbocycles. The summed E-state index contributed by atoms with van der Waals surface area (Å²) in [6.45, 7) is 0. The molecule has 2 heterocycles. The molecule has 2 aromatic rings. The SMILES string of the molecule is N#Cc1cc(-c2ccco2)ccn1. The maximum atomic E-state index is 8.62. The van der Waals surface area contributed by atoms with E-state index in [-0.39, 0.29) is 0 Å². The Bertz CT molecular complexity index is 440. The Morgan fingerprint density at radius 3 is 3.00 bits per heavy atom. The lowest BCUT2D eigenvalue weighted by Crippen LogP contribution is -1.81. The van der Waals surface area contributed by atoms with Gasteiger partial charge in [-0.2, -0.15) is 5.26 Å². The van der Waals surface area contributed by atoms with E-state index in [0.717, 1.165) is 11.3 Å². The smallest absolute Gasteiger partial charge is 0.141 e. The van der Waals surface area contributed by atoms with Crippen molar-refractivity contribution in [2.45, 2.75) is 0 Å². The van der Waals surface area contributed by atoms with Gasteiger partial charge in [-0.25, -0.2) is 4.98 Å². The van der Waals surface area contributed by atoms with Gasteiger partial charge in [-0.1, -0.05) is 0 Å². The van der Waals surface area contributed by atoms with Gasteiger partial charge in [-0.15, -0.1) is 0 Å². The van der Waals surface area contributed by atoms with Gasteiger partial charge in [0.1, 0.15) is 17.5 Å². The van der Waals surface area contributed by atoms with Crippen LogP contribution in [-0.2, 0) is 0 Å². The van der Waals surface area contributed by atoms with Gasteiger partial charge >= 0.3 is 0 Å². The van der Waals surface area contributed by atoms with Crippen LogP contribution in [0.25, 0.3) is 11.3 Å². The molecule has 0 saturated heterocycles. The summed E-state index contributed by atoms with van der Waals surface area (Å²) in [6.07, 6.45) is 3.19. The van der Waals surface area contributed by atoms with Crippen molar-refractivity contribution < 1.29 is 4.42 Å². The Hall–Kier alpha value is -2.08. The predicted molar refractivity (Wildman–Crippen MR) is 46.7 cm³/mol. The van der Waals surface area contributed by atoms with Crippen molar-refractivity contribution in [3.63, 3.8) is 0 Å². The van der Waals surface area contributed by atoms with Crippen molar-refractivity contribution in [1.29, 1.82) is 5.26 Å². The standard InChI is InChI=1S/C10H6N2O/c11-7-9-6-8(3-4-12-9)10-2-1-5-13-10/h1-6H. The quantitative estimate of drug-likeness (QED) is 0.659. The summed E-state index contributed by atoms with van der Waals surface area (Å²) in [4.78, 5) is 3.86. The fourth-order valence-electron chi connectivity index (χ4n) is 1.09. The van der Waals surface area contributed by atoms with E-state index < -0.39 is 0 Å². The highest BCUT2D eigenvalue weighted by Gasteiger charge is 2.00. The van der Waals surface area contributed by atoms with E-state index in [4.69, 9.17) is 9.68 Å². The zero-order valence-electron chi connectivity index (χ0n) is 6.77. The van der Waals surface area contributed by atoms with Crippen LogP contribution in [0.5, 0.6) is 0 Å². The molecule has 0 aliphatic heterocycles. The van der Waals surface area contributed by atoms with E-state index in [1.54, 1.807) is 24.6 Å². The summed E-state index contributed by atoms with van der Waals surface area (Å²) in [6, 6.07) is 9.13. The highest BCUT2D eigenvalue weighted by Crippen LogP contribution is 2.19. The monoisotopic (exact) mass is 170 g/mol. The summed E-state index contributed by atoms with van der Waals surface area (Å²) in [5.74, 6) is 0.749. The Morgan fingerprint density at radius 2 is 2.31 bits per heavy atom. The molecular formula is C10H6N2O. The first-order valence-electron chi connectivity index (χ1n) is 3.80. The molecule has 3 nitrogen and oxygen atoms in total. The first-order chi connectivity index (χ1) is 6.40. The van der Waals surface area contributed by atoms with Gasteiger partial charge in [-0.3, -0.25) is 0 Å². The van der Waals surface area contributed by atoms with Crippen LogP contribution in [0, 0.1) is 11.3 Å². The van der Waals surface area contributed by atoms with E-state index in [9.17, 15) is 0 Å². The van der Waals surface area contributed by atoms with Crippen LogP contribution in [0.4, 0.5) is 0 Å². The van der Waals surface area contributed by atoms with E-state index in [0.29, 0.717) is 5.69 Å². The molecule has 62 valence electrons. The number of nitriles is 1. The zero-order chi connectivity index (χ0) is 9.10. The van der Waals surface area contributed by atoms with Crippen LogP contribution in [0.2, 0.25) is 0 Å². The molecule has 0 saturated carbocycles. The maximum Gasteiger partial charge on any atom is 0.141 e. The van der Waals surface area contributed by atoms with Gasteiger partial charge in [-0.05, 0) is 24.3 Å². The fraction of sp³-hybridized carbons (Fsp3) is 0. The third-order valence-electron chi connectivity index (χ3n) is 1.68. The predicted octanol–water partition coefficient (Wildman–Crippen LogP) is 2.21. The van der Waals surface area contributed by atoms with Crippen LogP contribution in [0.1, 0.15) is 5.69 Å². The van der Waals surface area contributed by atoms with Crippen molar-refractivity contribution in [2.24, 2.45) is 0 Å². The number of hydrogen-bond acceptors (Lipinski definition) is 3. The summed E-state index contributed by atoms with van der Waals surface area (Å²) < 4.78 is 5.18. The number of hydrogen-bond donors (Lipinski definition) is 0. The minimum absolute atomic E-state index is 0.397. The summed E-state index contributed by atoms with van der Waals surface area (Å²) in [5.41, 5.74) is 1.27. The number of pyridine rings is 1. The maximum absolute atomic E-state index is 8.62. The first-order valence-corrected chi connectivity index (χ1v) is 3.80. The lowest BCUT2D eigenvalue weighted by Gasteiger charge is -1.94. The van der Waals surface area contributed by atoms with E-state index in [2.05, 4.69) is 4.98 Å². The molecule has 0 amide bonds. The molecule has 2 aromatic heterocycles. The Kier molecular flexibility index (Phi) is 1.81.